The highest BCUT2D eigenvalue weighted by atomic mass is 16.5. The van der Waals surface area contributed by atoms with E-state index in [4.69, 9.17) is 4.74 Å². The molecular formula is C12H18N2O2. The molecule has 4 nitrogen and oxygen atoms in total. The van der Waals surface area contributed by atoms with Crippen molar-refractivity contribution in [2.75, 3.05) is 31.8 Å². The first kappa shape index (κ1) is 12.4. The fourth-order valence-corrected chi connectivity index (χ4v) is 1.60. The van der Waals surface area contributed by atoms with Crippen molar-refractivity contribution in [3.63, 3.8) is 0 Å². The van der Waals surface area contributed by atoms with Crippen LogP contribution in [0.2, 0.25) is 0 Å². The number of hydrogen-bond acceptors (Lipinski definition) is 4. The van der Waals surface area contributed by atoms with Crippen molar-refractivity contribution in [1.29, 1.82) is 0 Å². The molecule has 16 heavy (non-hydrogen) atoms. The lowest BCUT2D eigenvalue weighted by Gasteiger charge is -2.14. The molecule has 0 spiro atoms. The number of methoxy groups -OCH3 is 1. The molecule has 4 heteroatoms. The van der Waals surface area contributed by atoms with E-state index in [-0.39, 0.29) is 5.78 Å². The largest absolute Gasteiger partial charge is 0.494 e. The SMILES string of the molecule is CCC(=O)c1cc(NC)c(NC)c(OC)c1. The number of anilines is 2. The van der Waals surface area contributed by atoms with E-state index in [0.717, 1.165) is 11.4 Å². The molecule has 0 amide bonds. The number of ketones is 1. The summed E-state index contributed by atoms with van der Waals surface area (Å²) in [5.74, 6) is 0.781. The van der Waals surface area contributed by atoms with E-state index in [1.165, 1.54) is 0 Å². The first-order valence-electron chi connectivity index (χ1n) is 5.28. The van der Waals surface area contributed by atoms with Gasteiger partial charge in [-0.25, -0.2) is 0 Å². The molecule has 0 aliphatic carbocycles. The van der Waals surface area contributed by atoms with Crippen molar-refractivity contribution < 1.29 is 9.53 Å². The van der Waals surface area contributed by atoms with Gasteiger partial charge in [0.1, 0.15) is 11.4 Å². The Morgan fingerprint density at radius 1 is 1.31 bits per heavy atom. The van der Waals surface area contributed by atoms with E-state index in [1.54, 1.807) is 13.2 Å². The van der Waals surface area contributed by atoms with Crippen molar-refractivity contribution in [3.05, 3.63) is 17.7 Å². The van der Waals surface area contributed by atoms with Gasteiger partial charge in [-0.1, -0.05) is 6.92 Å². The normalized spacial score (nSPS) is 9.75. The molecule has 0 saturated heterocycles. The van der Waals surface area contributed by atoms with Gasteiger partial charge in [0.2, 0.25) is 0 Å². The predicted octanol–water partition coefficient (Wildman–Crippen LogP) is 2.37. The number of nitrogens with one attached hydrogen (secondary N) is 2. The summed E-state index contributed by atoms with van der Waals surface area (Å²) in [6, 6.07) is 3.60. The number of carbonyl (C=O) groups excluding carboxylic acids is 1. The van der Waals surface area contributed by atoms with Crippen LogP contribution in [0.1, 0.15) is 23.7 Å². The summed E-state index contributed by atoms with van der Waals surface area (Å²) in [6.07, 6.45) is 0.491. The Balaban J connectivity index is 3.31. The summed E-state index contributed by atoms with van der Waals surface area (Å²) in [4.78, 5) is 11.6. The fraction of sp³-hybridized carbons (Fsp3) is 0.417. The lowest BCUT2D eigenvalue weighted by atomic mass is 10.1. The Hall–Kier alpha value is -1.71. The maximum atomic E-state index is 11.6. The van der Waals surface area contributed by atoms with Gasteiger partial charge in [-0.05, 0) is 12.1 Å². The molecule has 0 aliphatic heterocycles. The highest BCUT2D eigenvalue weighted by Gasteiger charge is 2.12. The molecule has 1 aromatic rings. The Bertz CT molecular complexity index is 364. The number of benzene rings is 1. The van der Waals surface area contributed by atoms with Crippen LogP contribution in [-0.4, -0.2) is 27.0 Å². The molecule has 0 saturated carbocycles. The van der Waals surface area contributed by atoms with Crippen LogP contribution in [0.15, 0.2) is 12.1 Å². The molecule has 0 fully saturated rings. The van der Waals surface area contributed by atoms with Gasteiger partial charge in [0, 0.05) is 26.1 Å². The van der Waals surface area contributed by atoms with E-state index in [1.807, 2.05) is 27.1 Å². The highest BCUT2D eigenvalue weighted by molar-refractivity contribution is 5.99. The molecular weight excluding hydrogens is 204 g/mol. The van der Waals surface area contributed by atoms with Gasteiger partial charge in [-0.3, -0.25) is 4.79 Å². The predicted molar refractivity (Wildman–Crippen MR) is 66.7 cm³/mol. The molecule has 0 aromatic heterocycles. The number of Topliss-reactive ketones (excluding diaryl/α,β-unsaturated/α-hetero) is 1. The topological polar surface area (TPSA) is 50.4 Å². The Kier molecular flexibility index (Phi) is 4.17. The molecule has 2 N–H and O–H groups in total. The van der Waals surface area contributed by atoms with Gasteiger partial charge in [-0.15, -0.1) is 0 Å². The monoisotopic (exact) mass is 222 g/mol. The first-order valence-corrected chi connectivity index (χ1v) is 5.28. The van der Waals surface area contributed by atoms with Crippen LogP contribution in [0, 0.1) is 0 Å². The van der Waals surface area contributed by atoms with Crippen molar-refractivity contribution in [1.82, 2.24) is 0 Å². The highest BCUT2D eigenvalue weighted by Crippen LogP contribution is 2.34. The minimum absolute atomic E-state index is 0.109. The third-order valence-electron chi connectivity index (χ3n) is 2.48. The van der Waals surface area contributed by atoms with Crippen LogP contribution >= 0.6 is 0 Å². The van der Waals surface area contributed by atoms with Gasteiger partial charge >= 0.3 is 0 Å². The van der Waals surface area contributed by atoms with Gasteiger partial charge in [-0.2, -0.15) is 0 Å². The third-order valence-corrected chi connectivity index (χ3v) is 2.48. The Morgan fingerprint density at radius 3 is 2.44 bits per heavy atom. The lowest BCUT2D eigenvalue weighted by molar-refractivity contribution is 0.0988. The van der Waals surface area contributed by atoms with Gasteiger partial charge in [0.25, 0.3) is 0 Å². The number of rotatable bonds is 5. The molecule has 0 unspecified atom stereocenters. The van der Waals surface area contributed by atoms with Crippen LogP contribution in [0.3, 0.4) is 0 Å². The molecule has 0 bridgehead atoms. The summed E-state index contributed by atoms with van der Waals surface area (Å²) in [5, 5.41) is 6.10. The number of carbonyl (C=O) groups is 1. The van der Waals surface area contributed by atoms with Crippen molar-refractivity contribution >= 4 is 17.2 Å². The molecule has 0 aliphatic rings. The molecule has 0 radical (unpaired) electrons. The second-order valence-electron chi connectivity index (χ2n) is 3.38. The number of hydrogen-bond donors (Lipinski definition) is 2. The average Bonchev–Trinajstić information content (AvgIpc) is 2.35. The lowest BCUT2D eigenvalue weighted by Crippen LogP contribution is -2.04. The minimum atomic E-state index is 0.109. The van der Waals surface area contributed by atoms with E-state index in [2.05, 4.69) is 10.6 Å². The molecule has 1 rings (SSSR count). The molecule has 88 valence electrons. The zero-order valence-corrected chi connectivity index (χ0v) is 10.2. The minimum Gasteiger partial charge on any atom is -0.494 e. The van der Waals surface area contributed by atoms with Crippen molar-refractivity contribution in [3.8, 4) is 5.75 Å². The van der Waals surface area contributed by atoms with Gasteiger partial charge < -0.3 is 15.4 Å². The maximum absolute atomic E-state index is 11.6. The zero-order valence-electron chi connectivity index (χ0n) is 10.2. The van der Waals surface area contributed by atoms with E-state index in [0.29, 0.717) is 17.7 Å². The summed E-state index contributed by atoms with van der Waals surface area (Å²) >= 11 is 0. The van der Waals surface area contributed by atoms with E-state index >= 15 is 0 Å². The zero-order chi connectivity index (χ0) is 12.1. The molecule has 0 atom stereocenters. The summed E-state index contributed by atoms with van der Waals surface area (Å²) < 4.78 is 5.26. The third kappa shape index (κ3) is 2.27. The molecule has 1 aromatic carbocycles. The quantitative estimate of drug-likeness (QED) is 0.751. The molecule has 0 heterocycles. The first-order chi connectivity index (χ1) is 7.67. The Labute approximate surface area is 96.0 Å². The second-order valence-corrected chi connectivity index (χ2v) is 3.38. The van der Waals surface area contributed by atoms with Crippen LogP contribution in [0.4, 0.5) is 11.4 Å². The van der Waals surface area contributed by atoms with E-state index < -0.39 is 0 Å². The fourth-order valence-electron chi connectivity index (χ4n) is 1.60. The van der Waals surface area contributed by atoms with Crippen LogP contribution in [0.5, 0.6) is 5.75 Å². The maximum Gasteiger partial charge on any atom is 0.162 e. The van der Waals surface area contributed by atoms with Crippen molar-refractivity contribution in [2.24, 2.45) is 0 Å². The Morgan fingerprint density at radius 2 is 2.00 bits per heavy atom. The summed E-state index contributed by atoms with van der Waals surface area (Å²) in [5.41, 5.74) is 2.39. The van der Waals surface area contributed by atoms with Crippen LogP contribution in [0.25, 0.3) is 0 Å². The van der Waals surface area contributed by atoms with Crippen LogP contribution < -0.4 is 15.4 Å². The van der Waals surface area contributed by atoms with Gasteiger partial charge in [0.15, 0.2) is 5.78 Å². The van der Waals surface area contributed by atoms with Gasteiger partial charge in [0.05, 0.1) is 12.8 Å². The van der Waals surface area contributed by atoms with Crippen LogP contribution in [-0.2, 0) is 0 Å². The van der Waals surface area contributed by atoms with Crippen molar-refractivity contribution in [2.45, 2.75) is 13.3 Å². The summed E-state index contributed by atoms with van der Waals surface area (Å²) in [6.45, 7) is 1.85. The van der Waals surface area contributed by atoms with E-state index in [9.17, 15) is 4.79 Å². The smallest absolute Gasteiger partial charge is 0.162 e. The average molecular weight is 222 g/mol. The standard InChI is InChI=1S/C12H18N2O2/c1-5-10(15)8-6-9(13-2)12(14-3)11(7-8)16-4/h6-7,13-14H,5H2,1-4H3. The second kappa shape index (κ2) is 5.39. The number of ether oxygens (including phenoxy) is 1. The summed E-state index contributed by atoms with van der Waals surface area (Å²) in [7, 11) is 5.23.